The zero-order valence-electron chi connectivity index (χ0n) is 11.5. The highest BCUT2D eigenvalue weighted by molar-refractivity contribution is 5.75. The lowest BCUT2D eigenvalue weighted by Gasteiger charge is -2.03. The number of benzene rings is 1. The first kappa shape index (κ1) is 14.0. The van der Waals surface area contributed by atoms with E-state index in [1.807, 2.05) is 18.2 Å². The molecule has 0 spiro atoms. The fraction of sp³-hybridized carbons (Fsp3) is 0.357. The van der Waals surface area contributed by atoms with Crippen LogP contribution in [0.5, 0.6) is 0 Å². The third kappa shape index (κ3) is 3.81. The second-order valence-corrected chi connectivity index (χ2v) is 4.59. The molecule has 1 heterocycles. The van der Waals surface area contributed by atoms with Gasteiger partial charge >= 0.3 is 0 Å². The molecule has 0 aliphatic rings. The molecule has 1 aromatic carbocycles. The summed E-state index contributed by atoms with van der Waals surface area (Å²) in [7, 11) is 0. The maximum Gasteiger partial charge on any atom is 0.241 e. The van der Waals surface area contributed by atoms with Crippen LogP contribution in [0.15, 0.2) is 30.6 Å². The number of amides is 1. The number of anilines is 1. The second-order valence-electron chi connectivity index (χ2n) is 4.59. The van der Waals surface area contributed by atoms with Crippen LogP contribution >= 0.6 is 0 Å². The highest BCUT2D eigenvalue weighted by Crippen LogP contribution is 2.16. The Morgan fingerprint density at radius 1 is 1.45 bits per heavy atom. The number of carbonyl (C=O) groups is 1. The smallest absolute Gasteiger partial charge is 0.241 e. The minimum atomic E-state index is -0.0533. The van der Waals surface area contributed by atoms with Crippen molar-refractivity contribution in [2.45, 2.75) is 26.3 Å². The zero-order valence-corrected chi connectivity index (χ0v) is 11.5. The van der Waals surface area contributed by atoms with Gasteiger partial charge in [-0.3, -0.25) is 4.79 Å². The molecule has 0 fully saturated rings. The fourth-order valence-corrected chi connectivity index (χ4v) is 1.79. The van der Waals surface area contributed by atoms with Crippen LogP contribution in [0.4, 0.5) is 5.69 Å². The molecule has 3 N–H and O–H groups in total. The number of nitrogens with zero attached hydrogens (tertiary/aromatic N) is 3. The van der Waals surface area contributed by atoms with E-state index in [4.69, 9.17) is 5.73 Å². The largest absolute Gasteiger partial charge is 0.399 e. The molecule has 106 valence electrons. The maximum absolute atomic E-state index is 11.7. The van der Waals surface area contributed by atoms with Crippen molar-refractivity contribution in [3.05, 3.63) is 30.6 Å². The number of carbonyl (C=O) groups excluding carboxylic acids is 1. The quantitative estimate of drug-likeness (QED) is 0.616. The van der Waals surface area contributed by atoms with Crippen molar-refractivity contribution in [3.63, 3.8) is 0 Å². The lowest BCUT2D eigenvalue weighted by Crippen LogP contribution is -2.28. The molecule has 0 atom stereocenters. The molecule has 2 rings (SSSR count). The third-order valence-electron chi connectivity index (χ3n) is 2.84. The molecule has 0 bridgehead atoms. The molecular formula is C14H19N5O. The summed E-state index contributed by atoms with van der Waals surface area (Å²) in [6.45, 7) is 2.96. The van der Waals surface area contributed by atoms with Crippen molar-refractivity contribution in [3.8, 4) is 11.4 Å². The molecule has 1 amide bonds. The van der Waals surface area contributed by atoms with Gasteiger partial charge in [-0.05, 0) is 18.6 Å². The second kappa shape index (κ2) is 6.70. The van der Waals surface area contributed by atoms with E-state index in [1.165, 1.54) is 4.68 Å². The molecule has 6 heteroatoms. The summed E-state index contributed by atoms with van der Waals surface area (Å²) in [6, 6.07) is 7.35. The van der Waals surface area contributed by atoms with Gasteiger partial charge in [0.15, 0.2) is 5.82 Å². The fourth-order valence-electron chi connectivity index (χ4n) is 1.79. The summed E-state index contributed by atoms with van der Waals surface area (Å²) >= 11 is 0. The topological polar surface area (TPSA) is 85.8 Å². The van der Waals surface area contributed by atoms with Crippen molar-refractivity contribution in [2.24, 2.45) is 0 Å². The van der Waals surface area contributed by atoms with Crippen molar-refractivity contribution in [2.75, 3.05) is 12.3 Å². The summed E-state index contributed by atoms with van der Waals surface area (Å²) in [6.07, 6.45) is 3.60. The lowest BCUT2D eigenvalue weighted by atomic mass is 10.2. The van der Waals surface area contributed by atoms with E-state index in [0.29, 0.717) is 18.1 Å². The molecule has 0 saturated heterocycles. The Hall–Kier alpha value is -2.37. The van der Waals surface area contributed by atoms with Gasteiger partial charge in [-0.15, -0.1) is 0 Å². The first-order chi connectivity index (χ1) is 9.69. The van der Waals surface area contributed by atoms with E-state index < -0.39 is 0 Å². The Labute approximate surface area is 118 Å². The molecule has 0 radical (unpaired) electrons. The highest BCUT2D eigenvalue weighted by atomic mass is 16.2. The maximum atomic E-state index is 11.7. The predicted molar refractivity (Wildman–Crippen MR) is 77.8 cm³/mol. The van der Waals surface area contributed by atoms with Crippen LogP contribution in [0.2, 0.25) is 0 Å². The Kier molecular flexibility index (Phi) is 4.70. The Bertz CT molecular complexity index is 578. The predicted octanol–water partition coefficient (Wildman–Crippen LogP) is 1.44. The number of nitrogens with one attached hydrogen (secondary N) is 1. The zero-order chi connectivity index (χ0) is 14.4. The van der Waals surface area contributed by atoms with Gasteiger partial charge in [0.1, 0.15) is 12.9 Å². The molecule has 2 aromatic rings. The van der Waals surface area contributed by atoms with Crippen LogP contribution in [-0.4, -0.2) is 27.2 Å². The highest BCUT2D eigenvalue weighted by Gasteiger charge is 2.07. The molecule has 0 aliphatic carbocycles. The van der Waals surface area contributed by atoms with Gasteiger partial charge in [-0.2, -0.15) is 5.10 Å². The first-order valence-electron chi connectivity index (χ1n) is 6.71. The standard InChI is InChI=1S/C14H19N5O/c1-2-3-7-16-13(20)9-19-10-17-14(18-19)11-5-4-6-12(15)8-11/h4-6,8,10H,2-3,7,9,15H2,1H3,(H,16,20). The van der Waals surface area contributed by atoms with E-state index in [-0.39, 0.29) is 12.5 Å². The van der Waals surface area contributed by atoms with Crippen molar-refractivity contribution < 1.29 is 4.79 Å². The van der Waals surface area contributed by atoms with Crippen molar-refractivity contribution in [1.82, 2.24) is 20.1 Å². The molecule has 1 aromatic heterocycles. The molecule has 0 unspecified atom stereocenters. The van der Waals surface area contributed by atoms with E-state index in [2.05, 4.69) is 22.3 Å². The van der Waals surface area contributed by atoms with E-state index in [9.17, 15) is 4.79 Å². The SMILES string of the molecule is CCCCNC(=O)Cn1cnc(-c2cccc(N)c2)n1. The van der Waals surface area contributed by atoms with Crippen LogP contribution in [-0.2, 0) is 11.3 Å². The number of unbranched alkanes of at least 4 members (excludes halogenated alkanes) is 1. The average Bonchev–Trinajstić information content (AvgIpc) is 2.87. The van der Waals surface area contributed by atoms with Gasteiger partial charge in [-0.1, -0.05) is 25.5 Å². The summed E-state index contributed by atoms with van der Waals surface area (Å²) in [5.74, 6) is 0.515. The van der Waals surface area contributed by atoms with Crippen LogP contribution < -0.4 is 11.1 Å². The Morgan fingerprint density at radius 3 is 3.05 bits per heavy atom. The average molecular weight is 273 g/mol. The summed E-state index contributed by atoms with van der Waals surface area (Å²) in [4.78, 5) is 15.9. The van der Waals surface area contributed by atoms with Gasteiger partial charge in [0, 0.05) is 17.8 Å². The van der Waals surface area contributed by atoms with Gasteiger partial charge in [0.25, 0.3) is 0 Å². The Balaban J connectivity index is 1.97. The van der Waals surface area contributed by atoms with E-state index in [1.54, 1.807) is 12.4 Å². The number of nitrogens with two attached hydrogens (primary N) is 1. The number of hydrogen-bond donors (Lipinski definition) is 2. The molecule has 0 aliphatic heterocycles. The van der Waals surface area contributed by atoms with Crippen LogP contribution in [0, 0.1) is 0 Å². The number of hydrogen-bond acceptors (Lipinski definition) is 4. The lowest BCUT2D eigenvalue weighted by molar-refractivity contribution is -0.121. The molecular weight excluding hydrogens is 254 g/mol. The van der Waals surface area contributed by atoms with Gasteiger partial charge in [0.05, 0.1) is 0 Å². The van der Waals surface area contributed by atoms with Crippen LogP contribution in [0.25, 0.3) is 11.4 Å². The molecule has 6 nitrogen and oxygen atoms in total. The first-order valence-corrected chi connectivity index (χ1v) is 6.71. The number of rotatable bonds is 6. The number of aromatic nitrogens is 3. The van der Waals surface area contributed by atoms with Crippen LogP contribution in [0.1, 0.15) is 19.8 Å². The molecule has 20 heavy (non-hydrogen) atoms. The normalized spacial score (nSPS) is 10.4. The van der Waals surface area contributed by atoms with Crippen molar-refractivity contribution >= 4 is 11.6 Å². The Morgan fingerprint density at radius 2 is 2.30 bits per heavy atom. The minimum absolute atomic E-state index is 0.0533. The summed E-state index contributed by atoms with van der Waals surface area (Å²) in [5.41, 5.74) is 7.23. The molecule has 0 saturated carbocycles. The van der Waals surface area contributed by atoms with Crippen molar-refractivity contribution in [1.29, 1.82) is 0 Å². The summed E-state index contributed by atoms with van der Waals surface area (Å²) < 4.78 is 1.53. The van der Waals surface area contributed by atoms with E-state index >= 15 is 0 Å². The van der Waals surface area contributed by atoms with Gasteiger partial charge < -0.3 is 11.1 Å². The van der Waals surface area contributed by atoms with Gasteiger partial charge in [0.2, 0.25) is 5.91 Å². The minimum Gasteiger partial charge on any atom is -0.399 e. The summed E-state index contributed by atoms with van der Waals surface area (Å²) in [5, 5.41) is 7.12. The monoisotopic (exact) mass is 273 g/mol. The van der Waals surface area contributed by atoms with E-state index in [0.717, 1.165) is 18.4 Å². The van der Waals surface area contributed by atoms with Gasteiger partial charge in [-0.25, -0.2) is 9.67 Å². The van der Waals surface area contributed by atoms with Crippen LogP contribution in [0.3, 0.4) is 0 Å². The number of nitrogen functional groups attached to an aromatic ring is 1. The third-order valence-corrected chi connectivity index (χ3v) is 2.84.